The summed E-state index contributed by atoms with van der Waals surface area (Å²) < 4.78 is 24.3. The van der Waals surface area contributed by atoms with E-state index < -0.39 is 17.9 Å². The first-order valence-electron chi connectivity index (χ1n) is 8.23. The van der Waals surface area contributed by atoms with Crippen molar-refractivity contribution < 1.29 is 23.5 Å². The van der Waals surface area contributed by atoms with Crippen molar-refractivity contribution in [3.05, 3.63) is 57.3 Å². The van der Waals surface area contributed by atoms with Crippen molar-refractivity contribution in [1.29, 1.82) is 0 Å². The molecular formula is C19H16Cl2FNO4. The fraction of sp³-hybridized carbons (Fsp3) is 0.263. The number of anilines is 1. The van der Waals surface area contributed by atoms with Crippen LogP contribution in [0.15, 0.2) is 30.3 Å². The Hall–Kier alpha value is -2.31. The summed E-state index contributed by atoms with van der Waals surface area (Å²) >= 11 is 11.9. The van der Waals surface area contributed by atoms with E-state index in [1.54, 1.807) is 25.1 Å². The molecule has 1 atom stereocenters. The van der Waals surface area contributed by atoms with Crippen LogP contribution in [0.25, 0.3) is 0 Å². The van der Waals surface area contributed by atoms with Crippen LogP contribution in [0, 0.1) is 5.82 Å². The molecule has 2 aromatic rings. The minimum Gasteiger partial charge on any atom is -0.482 e. The summed E-state index contributed by atoms with van der Waals surface area (Å²) in [5, 5.41) is 2.80. The molecule has 1 unspecified atom stereocenters. The van der Waals surface area contributed by atoms with Crippen LogP contribution in [0.1, 0.15) is 30.6 Å². The molecule has 0 saturated heterocycles. The first-order chi connectivity index (χ1) is 12.8. The zero-order valence-corrected chi connectivity index (χ0v) is 15.9. The summed E-state index contributed by atoms with van der Waals surface area (Å²) in [5.41, 5.74) is 1.88. The summed E-state index contributed by atoms with van der Waals surface area (Å²) in [6, 6.07) is 7.64. The molecule has 2 aromatic carbocycles. The van der Waals surface area contributed by atoms with E-state index in [1.165, 1.54) is 6.07 Å². The quantitative estimate of drug-likeness (QED) is 0.571. The highest BCUT2D eigenvalue weighted by Crippen LogP contribution is 2.34. The second-order valence-corrected chi connectivity index (χ2v) is 6.83. The number of hydrogen-bond donors (Lipinski definition) is 1. The number of ether oxygens (including phenoxy) is 2. The van der Waals surface area contributed by atoms with Crippen molar-refractivity contribution in [2.75, 3.05) is 11.9 Å². The second kappa shape index (κ2) is 8.15. The topological polar surface area (TPSA) is 64.6 Å². The number of nitrogens with one attached hydrogen (secondary N) is 1. The van der Waals surface area contributed by atoms with Crippen molar-refractivity contribution in [3.8, 4) is 5.75 Å². The van der Waals surface area contributed by atoms with E-state index >= 15 is 0 Å². The Labute approximate surface area is 165 Å². The molecule has 0 aliphatic carbocycles. The van der Waals surface area contributed by atoms with Gasteiger partial charge in [-0.05, 0) is 49.2 Å². The molecule has 1 amide bonds. The van der Waals surface area contributed by atoms with Gasteiger partial charge >= 0.3 is 5.97 Å². The van der Waals surface area contributed by atoms with Gasteiger partial charge in [0.15, 0.2) is 6.61 Å². The van der Waals surface area contributed by atoms with Crippen LogP contribution in [0.5, 0.6) is 5.75 Å². The Morgan fingerprint density at radius 2 is 2.04 bits per heavy atom. The van der Waals surface area contributed by atoms with Gasteiger partial charge in [-0.1, -0.05) is 23.2 Å². The number of rotatable bonds is 5. The van der Waals surface area contributed by atoms with E-state index in [1.807, 2.05) is 0 Å². The van der Waals surface area contributed by atoms with Crippen molar-refractivity contribution in [3.63, 3.8) is 0 Å². The summed E-state index contributed by atoms with van der Waals surface area (Å²) in [4.78, 5) is 23.4. The Balaban J connectivity index is 1.60. The van der Waals surface area contributed by atoms with E-state index in [4.69, 9.17) is 32.7 Å². The van der Waals surface area contributed by atoms with Crippen molar-refractivity contribution in [2.24, 2.45) is 0 Å². The van der Waals surface area contributed by atoms with Gasteiger partial charge in [0.05, 0.1) is 5.02 Å². The number of amides is 1. The Bertz CT molecular complexity index is 904. The SMILES string of the molecule is CC(OC(=O)COc1ccc2c(c1)CCC(=O)N2)c1c(Cl)ccc(F)c1Cl. The lowest BCUT2D eigenvalue weighted by atomic mass is 10.0. The minimum atomic E-state index is -0.837. The average molecular weight is 412 g/mol. The lowest BCUT2D eigenvalue weighted by Crippen LogP contribution is -2.19. The Kier molecular flexibility index (Phi) is 5.87. The smallest absolute Gasteiger partial charge is 0.344 e. The molecule has 1 heterocycles. The maximum Gasteiger partial charge on any atom is 0.344 e. The van der Waals surface area contributed by atoms with Crippen LogP contribution in [-0.4, -0.2) is 18.5 Å². The van der Waals surface area contributed by atoms with Gasteiger partial charge in [-0.2, -0.15) is 0 Å². The van der Waals surface area contributed by atoms with Crippen LogP contribution in [0.2, 0.25) is 10.0 Å². The molecule has 0 radical (unpaired) electrons. The maximum absolute atomic E-state index is 13.6. The van der Waals surface area contributed by atoms with Gasteiger partial charge in [-0.3, -0.25) is 4.79 Å². The summed E-state index contributed by atoms with van der Waals surface area (Å²) in [6.07, 6.45) is 0.178. The van der Waals surface area contributed by atoms with E-state index in [0.29, 0.717) is 18.6 Å². The number of fused-ring (bicyclic) bond motifs is 1. The molecule has 0 fully saturated rings. The molecule has 1 N–H and O–H groups in total. The van der Waals surface area contributed by atoms with E-state index in [2.05, 4.69) is 5.32 Å². The first-order valence-corrected chi connectivity index (χ1v) is 8.99. The molecule has 142 valence electrons. The predicted molar refractivity (Wildman–Crippen MR) is 99.8 cm³/mol. The second-order valence-electron chi connectivity index (χ2n) is 6.04. The van der Waals surface area contributed by atoms with Gasteiger partial charge in [0, 0.05) is 22.7 Å². The van der Waals surface area contributed by atoms with Crippen LogP contribution >= 0.6 is 23.2 Å². The van der Waals surface area contributed by atoms with E-state index in [9.17, 15) is 14.0 Å². The molecule has 5 nitrogen and oxygen atoms in total. The highest BCUT2D eigenvalue weighted by Gasteiger charge is 2.21. The minimum absolute atomic E-state index is 0.0246. The fourth-order valence-electron chi connectivity index (χ4n) is 2.80. The monoisotopic (exact) mass is 411 g/mol. The third-order valence-electron chi connectivity index (χ3n) is 4.12. The number of aryl methyl sites for hydroxylation is 1. The third kappa shape index (κ3) is 4.51. The highest BCUT2D eigenvalue weighted by atomic mass is 35.5. The van der Waals surface area contributed by atoms with Crippen LogP contribution in [0.3, 0.4) is 0 Å². The summed E-state index contributed by atoms with van der Waals surface area (Å²) in [7, 11) is 0. The zero-order chi connectivity index (χ0) is 19.6. The van der Waals surface area contributed by atoms with Gasteiger partial charge in [0.1, 0.15) is 17.7 Å². The average Bonchev–Trinajstić information content (AvgIpc) is 2.63. The predicted octanol–water partition coefficient (Wildman–Crippen LogP) is 4.70. The van der Waals surface area contributed by atoms with Gasteiger partial charge in [-0.15, -0.1) is 0 Å². The highest BCUT2D eigenvalue weighted by molar-refractivity contribution is 6.36. The van der Waals surface area contributed by atoms with E-state index in [-0.39, 0.29) is 28.1 Å². The molecule has 0 aromatic heterocycles. The normalized spacial score (nSPS) is 14.1. The fourth-order valence-corrected chi connectivity index (χ4v) is 3.48. The van der Waals surface area contributed by atoms with Gasteiger partial charge < -0.3 is 14.8 Å². The molecule has 0 saturated carbocycles. The van der Waals surface area contributed by atoms with E-state index in [0.717, 1.165) is 17.3 Å². The standard InChI is InChI=1S/C19H16Cl2FNO4/c1-10(18-13(20)4-5-14(22)19(18)21)27-17(25)9-26-12-3-6-15-11(8-12)2-7-16(24)23-15/h3-6,8,10H,2,7,9H2,1H3,(H,23,24). The summed E-state index contributed by atoms with van der Waals surface area (Å²) in [6.45, 7) is 1.21. The Morgan fingerprint density at radius 1 is 1.26 bits per heavy atom. The van der Waals surface area contributed by atoms with Crippen molar-refractivity contribution in [1.82, 2.24) is 0 Å². The number of carbonyl (C=O) groups is 2. The number of halogens is 3. The molecular weight excluding hydrogens is 396 g/mol. The molecule has 8 heteroatoms. The summed E-state index contributed by atoms with van der Waals surface area (Å²) in [5.74, 6) is -0.832. The molecule has 1 aliphatic heterocycles. The Morgan fingerprint density at radius 3 is 2.81 bits per heavy atom. The lowest BCUT2D eigenvalue weighted by Gasteiger charge is -2.18. The number of carbonyl (C=O) groups excluding carboxylic acids is 2. The van der Waals surface area contributed by atoms with Gasteiger partial charge in [-0.25, -0.2) is 9.18 Å². The zero-order valence-electron chi connectivity index (χ0n) is 14.4. The molecule has 1 aliphatic rings. The number of esters is 1. The molecule has 0 bridgehead atoms. The molecule has 27 heavy (non-hydrogen) atoms. The van der Waals surface area contributed by atoms with Crippen molar-refractivity contribution >= 4 is 40.8 Å². The van der Waals surface area contributed by atoms with Gasteiger partial charge in [0.25, 0.3) is 0 Å². The van der Waals surface area contributed by atoms with Crippen molar-refractivity contribution in [2.45, 2.75) is 25.9 Å². The molecule has 0 spiro atoms. The lowest BCUT2D eigenvalue weighted by molar-refractivity contribution is -0.151. The third-order valence-corrected chi connectivity index (χ3v) is 4.84. The van der Waals surface area contributed by atoms with Crippen LogP contribution in [0.4, 0.5) is 10.1 Å². The van der Waals surface area contributed by atoms with Gasteiger partial charge in [0.2, 0.25) is 5.91 Å². The first kappa shape index (κ1) is 19.5. The molecule has 3 rings (SSSR count). The maximum atomic E-state index is 13.6. The van der Waals surface area contributed by atoms with Crippen LogP contribution in [-0.2, 0) is 20.7 Å². The largest absolute Gasteiger partial charge is 0.482 e. The number of benzene rings is 2. The number of hydrogen-bond acceptors (Lipinski definition) is 4. The van der Waals surface area contributed by atoms with Crippen LogP contribution < -0.4 is 10.1 Å².